The van der Waals surface area contributed by atoms with Crippen molar-refractivity contribution in [1.29, 1.82) is 0 Å². The molecule has 0 aromatic heterocycles. The van der Waals surface area contributed by atoms with Gasteiger partial charge < -0.3 is 5.32 Å². The molecule has 1 saturated carbocycles. The van der Waals surface area contributed by atoms with Crippen LogP contribution in [0.5, 0.6) is 0 Å². The number of aryl methyl sites for hydroxylation is 2. The normalized spacial score (nSPS) is 17.8. The van der Waals surface area contributed by atoms with Gasteiger partial charge in [-0.25, -0.2) is 0 Å². The molecule has 3 nitrogen and oxygen atoms in total. The number of anilines is 1. The van der Waals surface area contributed by atoms with E-state index in [-0.39, 0.29) is 17.6 Å². The van der Waals surface area contributed by atoms with Gasteiger partial charge in [-0.15, -0.1) is 0 Å². The molecule has 2 aromatic carbocycles. The fourth-order valence-electron chi connectivity index (χ4n) is 4.49. The third-order valence-electron chi connectivity index (χ3n) is 6.64. The second-order valence-corrected chi connectivity index (χ2v) is 9.19. The second-order valence-electron chi connectivity index (χ2n) is 8.79. The van der Waals surface area contributed by atoms with Crippen LogP contribution >= 0.6 is 11.6 Å². The maximum Gasteiger partial charge on any atom is 0.227 e. The van der Waals surface area contributed by atoms with Gasteiger partial charge in [0.25, 0.3) is 0 Å². The van der Waals surface area contributed by atoms with Crippen molar-refractivity contribution in [2.45, 2.75) is 79.6 Å². The maximum atomic E-state index is 12.3. The number of Topliss-reactive ketones (excluding diaryl/α,β-unsaturated/α-hetero) is 1. The van der Waals surface area contributed by atoms with Crippen LogP contribution in [-0.2, 0) is 17.6 Å². The lowest BCUT2D eigenvalue weighted by molar-refractivity contribution is -0.121. The maximum absolute atomic E-state index is 12.3. The van der Waals surface area contributed by atoms with Gasteiger partial charge in [0.1, 0.15) is 0 Å². The van der Waals surface area contributed by atoms with Crippen molar-refractivity contribution in [3.63, 3.8) is 0 Å². The Morgan fingerprint density at radius 3 is 2.19 bits per heavy atom. The predicted octanol–water partition coefficient (Wildman–Crippen LogP) is 7.82. The number of hydrogen-bond donors (Lipinski definition) is 1. The summed E-state index contributed by atoms with van der Waals surface area (Å²) in [6.07, 6.45) is 7.49. The Morgan fingerprint density at radius 1 is 1.00 bits per heavy atom. The molecule has 0 aliphatic heterocycles. The number of carbonyl (C=O) groups is 2. The SMILES string of the molecule is CCc1c(C)cccc1C(C)=O.CCc1ccc(NC(=O)C2CCC(CC)CC2)cc1Cl. The van der Waals surface area contributed by atoms with Crippen molar-refractivity contribution in [2.24, 2.45) is 11.8 Å². The van der Waals surface area contributed by atoms with E-state index < -0.39 is 0 Å². The number of carbonyl (C=O) groups excluding carboxylic acids is 2. The number of nitrogens with one attached hydrogen (secondary N) is 1. The fraction of sp³-hybridized carbons (Fsp3) is 0.500. The third kappa shape index (κ3) is 7.20. The molecule has 0 radical (unpaired) electrons. The molecule has 0 spiro atoms. The molecule has 1 aliphatic carbocycles. The lowest BCUT2D eigenvalue weighted by atomic mass is 9.80. The first-order valence-electron chi connectivity index (χ1n) is 12.0. The van der Waals surface area contributed by atoms with Gasteiger partial charge in [-0.1, -0.05) is 63.1 Å². The average Bonchev–Trinajstić information content (AvgIpc) is 2.79. The van der Waals surface area contributed by atoms with E-state index in [2.05, 4.69) is 26.1 Å². The van der Waals surface area contributed by atoms with Crippen LogP contribution in [0.1, 0.15) is 86.8 Å². The molecule has 0 bridgehead atoms. The molecule has 1 amide bonds. The number of ketones is 1. The number of rotatable bonds is 6. The molecule has 2 aromatic rings. The molecule has 1 aliphatic rings. The van der Waals surface area contributed by atoms with E-state index >= 15 is 0 Å². The first-order chi connectivity index (χ1) is 15.3. The molecular formula is C28H38ClNO2. The van der Waals surface area contributed by atoms with Crippen molar-refractivity contribution < 1.29 is 9.59 Å². The Bertz CT molecular complexity index is 914. The topological polar surface area (TPSA) is 46.2 Å². The Hall–Kier alpha value is -2.13. The zero-order valence-corrected chi connectivity index (χ0v) is 21.0. The Morgan fingerprint density at radius 2 is 1.69 bits per heavy atom. The minimum atomic E-state index is 0.153. The Kier molecular flexibility index (Phi) is 10.4. The van der Waals surface area contributed by atoms with E-state index in [4.69, 9.17) is 11.6 Å². The average molecular weight is 456 g/mol. The smallest absolute Gasteiger partial charge is 0.227 e. The standard InChI is InChI=1S/C17H24ClNO.C11H14O/c1-3-12-5-7-14(8-6-12)17(20)19-15-10-9-13(4-2)16(18)11-15;1-4-10-8(2)6-5-7-11(10)9(3)12/h9-12,14H,3-8H2,1-2H3,(H,19,20);5-7H,4H2,1-3H3. The summed E-state index contributed by atoms with van der Waals surface area (Å²) in [5, 5.41) is 3.75. The highest BCUT2D eigenvalue weighted by Crippen LogP contribution is 2.31. The lowest BCUT2D eigenvalue weighted by Crippen LogP contribution is -2.27. The summed E-state index contributed by atoms with van der Waals surface area (Å²) in [5.74, 6) is 1.30. The van der Waals surface area contributed by atoms with Crippen molar-refractivity contribution in [2.75, 3.05) is 5.32 Å². The number of hydrogen-bond acceptors (Lipinski definition) is 2. The van der Waals surface area contributed by atoms with E-state index in [1.54, 1.807) is 6.92 Å². The molecule has 3 rings (SSSR count). The summed E-state index contributed by atoms with van der Waals surface area (Å²) in [6, 6.07) is 11.7. The second kappa shape index (κ2) is 12.8. The first-order valence-corrected chi connectivity index (χ1v) is 12.4. The predicted molar refractivity (Wildman–Crippen MR) is 136 cm³/mol. The largest absolute Gasteiger partial charge is 0.326 e. The molecule has 1 N–H and O–H groups in total. The van der Waals surface area contributed by atoms with Gasteiger partial charge in [0, 0.05) is 22.2 Å². The van der Waals surface area contributed by atoms with Gasteiger partial charge in [-0.2, -0.15) is 0 Å². The highest BCUT2D eigenvalue weighted by molar-refractivity contribution is 6.31. The third-order valence-corrected chi connectivity index (χ3v) is 6.99. The summed E-state index contributed by atoms with van der Waals surface area (Å²) in [5.41, 5.74) is 5.20. The fourth-order valence-corrected chi connectivity index (χ4v) is 4.80. The van der Waals surface area contributed by atoms with Crippen LogP contribution in [0.15, 0.2) is 36.4 Å². The van der Waals surface area contributed by atoms with Gasteiger partial charge in [0.2, 0.25) is 5.91 Å². The highest BCUT2D eigenvalue weighted by Gasteiger charge is 2.25. The van der Waals surface area contributed by atoms with Gasteiger partial charge in [0.05, 0.1) is 0 Å². The first kappa shape index (κ1) is 26.1. The van der Waals surface area contributed by atoms with Gasteiger partial charge >= 0.3 is 0 Å². The minimum Gasteiger partial charge on any atom is -0.326 e. The molecule has 1 fully saturated rings. The van der Waals surface area contributed by atoms with E-state index in [1.165, 1.54) is 30.4 Å². The molecule has 174 valence electrons. The highest BCUT2D eigenvalue weighted by atomic mass is 35.5. The monoisotopic (exact) mass is 455 g/mol. The number of amides is 1. The summed E-state index contributed by atoms with van der Waals surface area (Å²) in [6.45, 7) is 10.1. The van der Waals surface area contributed by atoms with Crippen LogP contribution in [-0.4, -0.2) is 11.7 Å². The zero-order valence-electron chi connectivity index (χ0n) is 20.3. The van der Waals surface area contributed by atoms with Gasteiger partial charge in [-0.05, 0) is 87.1 Å². The summed E-state index contributed by atoms with van der Waals surface area (Å²) in [7, 11) is 0. The van der Waals surface area contributed by atoms with Crippen molar-refractivity contribution in [3.8, 4) is 0 Å². The molecule has 4 heteroatoms. The molecule has 32 heavy (non-hydrogen) atoms. The van der Waals surface area contributed by atoms with E-state index in [9.17, 15) is 9.59 Å². The van der Waals surface area contributed by atoms with Crippen LogP contribution < -0.4 is 5.32 Å². The summed E-state index contributed by atoms with van der Waals surface area (Å²) < 4.78 is 0. The summed E-state index contributed by atoms with van der Waals surface area (Å²) in [4.78, 5) is 23.5. The molecule has 0 atom stereocenters. The number of benzene rings is 2. The number of halogens is 1. The van der Waals surface area contributed by atoms with E-state index in [1.807, 2.05) is 43.3 Å². The lowest BCUT2D eigenvalue weighted by Gasteiger charge is -2.27. The van der Waals surface area contributed by atoms with E-state index in [0.29, 0.717) is 0 Å². The molecular weight excluding hydrogens is 418 g/mol. The molecule has 0 unspecified atom stereocenters. The minimum absolute atomic E-state index is 0.153. The van der Waals surface area contributed by atoms with Crippen molar-refractivity contribution >= 4 is 29.0 Å². The quantitative estimate of drug-likeness (QED) is 0.451. The van der Waals surface area contributed by atoms with E-state index in [0.717, 1.165) is 53.4 Å². The van der Waals surface area contributed by atoms with Crippen LogP contribution in [0.2, 0.25) is 5.02 Å². The molecule has 0 heterocycles. The summed E-state index contributed by atoms with van der Waals surface area (Å²) >= 11 is 6.19. The van der Waals surface area contributed by atoms with Crippen LogP contribution in [0.3, 0.4) is 0 Å². The zero-order chi connectivity index (χ0) is 23.7. The Balaban J connectivity index is 0.000000258. The van der Waals surface area contributed by atoms with Crippen LogP contribution in [0, 0.1) is 18.8 Å². The van der Waals surface area contributed by atoms with Crippen molar-refractivity contribution in [1.82, 2.24) is 0 Å². The van der Waals surface area contributed by atoms with Crippen LogP contribution in [0.25, 0.3) is 0 Å². The van der Waals surface area contributed by atoms with Crippen molar-refractivity contribution in [3.05, 3.63) is 63.7 Å². The Labute approximate surface area is 199 Å². The van der Waals surface area contributed by atoms with Gasteiger partial charge in [-0.3, -0.25) is 9.59 Å². The molecule has 0 saturated heterocycles. The van der Waals surface area contributed by atoms with Gasteiger partial charge in [0.15, 0.2) is 5.78 Å². The van der Waals surface area contributed by atoms with Crippen LogP contribution in [0.4, 0.5) is 5.69 Å².